The molecule has 2 aromatic rings. The molecule has 1 aliphatic heterocycles. The van der Waals surface area contributed by atoms with E-state index < -0.39 is 18.0 Å². The Morgan fingerprint density at radius 3 is 2.48 bits per heavy atom. The number of carbonyl (C=O) groups excluding carboxylic acids is 2. The largest absolute Gasteiger partial charge is 0.504 e. The molecule has 0 spiro atoms. The molecule has 1 fully saturated rings. The zero-order valence-electron chi connectivity index (χ0n) is 17.8. The summed E-state index contributed by atoms with van der Waals surface area (Å²) < 4.78 is 10.2. The predicted molar refractivity (Wildman–Crippen MR) is 120 cm³/mol. The summed E-state index contributed by atoms with van der Waals surface area (Å²) in [4.78, 5) is 26.8. The second kappa shape index (κ2) is 10.5. The molecule has 1 aliphatic rings. The van der Waals surface area contributed by atoms with Gasteiger partial charge < -0.3 is 24.8 Å². The Bertz CT molecular complexity index is 933. The van der Waals surface area contributed by atoms with Gasteiger partial charge in [0.2, 0.25) is 0 Å². The van der Waals surface area contributed by atoms with Gasteiger partial charge in [0.25, 0.3) is 5.91 Å². The number of phenols is 1. The van der Waals surface area contributed by atoms with E-state index in [-0.39, 0.29) is 5.75 Å². The highest BCUT2D eigenvalue weighted by molar-refractivity contribution is 5.96. The monoisotopic (exact) mass is 424 g/mol. The summed E-state index contributed by atoms with van der Waals surface area (Å²) in [6, 6.07) is 12.4. The minimum Gasteiger partial charge on any atom is -0.504 e. The SMILES string of the molecule is COc1cc(/C=C/C(=O)O[C@@H](C)C(=O)Nc2ccc(N3CCCCC3)cc2)ccc1O. The molecule has 0 saturated carbocycles. The molecule has 0 radical (unpaired) electrons. The fourth-order valence-electron chi connectivity index (χ4n) is 3.38. The van der Waals surface area contributed by atoms with Crippen LogP contribution < -0.4 is 15.0 Å². The molecule has 1 heterocycles. The maximum atomic E-state index is 12.4. The van der Waals surface area contributed by atoms with E-state index in [0.717, 1.165) is 18.8 Å². The lowest BCUT2D eigenvalue weighted by atomic mass is 10.1. The van der Waals surface area contributed by atoms with Crippen molar-refractivity contribution < 1.29 is 24.2 Å². The zero-order valence-corrected chi connectivity index (χ0v) is 17.8. The smallest absolute Gasteiger partial charge is 0.331 e. The van der Waals surface area contributed by atoms with Crippen molar-refractivity contribution in [3.63, 3.8) is 0 Å². The molecule has 7 heteroatoms. The summed E-state index contributed by atoms with van der Waals surface area (Å²) in [6.45, 7) is 3.64. The number of benzene rings is 2. The average molecular weight is 424 g/mol. The Morgan fingerprint density at radius 1 is 1.10 bits per heavy atom. The zero-order chi connectivity index (χ0) is 22.2. The molecule has 2 N–H and O–H groups in total. The number of nitrogens with one attached hydrogen (secondary N) is 1. The fourth-order valence-corrected chi connectivity index (χ4v) is 3.38. The molecule has 0 bridgehead atoms. The molecule has 0 unspecified atom stereocenters. The highest BCUT2D eigenvalue weighted by Gasteiger charge is 2.17. The summed E-state index contributed by atoms with van der Waals surface area (Å²) >= 11 is 0. The van der Waals surface area contributed by atoms with Crippen molar-refractivity contribution in [2.45, 2.75) is 32.3 Å². The summed E-state index contributed by atoms with van der Waals surface area (Å²) in [5, 5.41) is 12.4. The molecule has 3 rings (SSSR count). The van der Waals surface area contributed by atoms with Gasteiger partial charge in [-0.2, -0.15) is 0 Å². The molecule has 0 aromatic heterocycles. The van der Waals surface area contributed by atoms with E-state index in [1.54, 1.807) is 12.1 Å². The predicted octanol–water partition coefficient (Wildman–Crippen LogP) is 3.97. The molecular formula is C24H28N2O5. The Hall–Kier alpha value is -3.48. The molecule has 2 aromatic carbocycles. The number of amides is 1. The summed E-state index contributed by atoms with van der Waals surface area (Å²) in [6.07, 6.45) is 5.48. The maximum absolute atomic E-state index is 12.4. The second-order valence-corrected chi connectivity index (χ2v) is 7.43. The summed E-state index contributed by atoms with van der Waals surface area (Å²) in [5.41, 5.74) is 2.45. The van der Waals surface area contributed by atoms with E-state index >= 15 is 0 Å². The van der Waals surface area contributed by atoms with Crippen LogP contribution in [0.25, 0.3) is 6.08 Å². The Labute approximate surface area is 182 Å². The van der Waals surface area contributed by atoms with Crippen LogP contribution in [0, 0.1) is 0 Å². The normalized spacial score (nSPS) is 14.8. The van der Waals surface area contributed by atoms with Gasteiger partial charge in [-0.1, -0.05) is 6.07 Å². The van der Waals surface area contributed by atoms with Crippen LogP contribution in [0.5, 0.6) is 11.5 Å². The summed E-state index contributed by atoms with van der Waals surface area (Å²) in [5.74, 6) is -0.736. The molecule has 1 atom stereocenters. The number of esters is 1. The number of rotatable bonds is 7. The van der Waals surface area contributed by atoms with E-state index in [9.17, 15) is 14.7 Å². The van der Waals surface area contributed by atoms with E-state index in [1.165, 1.54) is 51.5 Å². The average Bonchev–Trinajstić information content (AvgIpc) is 2.79. The van der Waals surface area contributed by atoms with E-state index in [2.05, 4.69) is 10.2 Å². The highest BCUT2D eigenvalue weighted by atomic mass is 16.5. The third-order valence-corrected chi connectivity index (χ3v) is 5.13. The molecule has 1 amide bonds. The van der Waals surface area contributed by atoms with Crippen molar-refractivity contribution in [2.24, 2.45) is 0 Å². The number of hydrogen-bond acceptors (Lipinski definition) is 6. The number of carbonyl (C=O) groups is 2. The Balaban J connectivity index is 1.51. The van der Waals surface area contributed by atoms with Gasteiger partial charge in [-0.3, -0.25) is 4.79 Å². The van der Waals surface area contributed by atoms with Crippen LogP contribution in [0.1, 0.15) is 31.7 Å². The maximum Gasteiger partial charge on any atom is 0.331 e. The van der Waals surface area contributed by atoms with Crippen molar-refractivity contribution in [3.8, 4) is 11.5 Å². The number of piperidine rings is 1. The van der Waals surface area contributed by atoms with Crippen LogP contribution in [0.3, 0.4) is 0 Å². The van der Waals surface area contributed by atoms with E-state index in [0.29, 0.717) is 17.0 Å². The Morgan fingerprint density at radius 2 is 1.81 bits per heavy atom. The first-order chi connectivity index (χ1) is 15.0. The topological polar surface area (TPSA) is 88.1 Å². The third-order valence-electron chi connectivity index (χ3n) is 5.13. The lowest BCUT2D eigenvalue weighted by molar-refractivity contribution is -0.148. The lowest BCUT2D eigenvalue weighted by Gasteiger charge is -2.28. The van der Waals surface area contributed by atoms with Gasteiger partial charge in [-0.05, 0) is 74.2 Å². The van der Waals surface area contributed by atoms with Crippen molar-refractivity contribution in [2.75, 3.05) is 30.4 Å². The van der Waals surface area contributed by atoms with Crippen LogP contribution in [-0.2, 0) is 14.3 Å². The number of methoxy groups -OCH3 is 1. The van der Waals surface area contributed by atoms with Gasteiger partial charge in [0.15, 0.2) is 17.6 Å². The van der Waals surface area contributed by atoms with E-state index in [1.807, 2.05) is 24.3 Å². The second-order valence-electron chi connectivity index (χ2n) is 7.43. The number of phenolic OH excluding ortho intramolecular Hbond substituents is 1. The van der Waals surface area contributed by atoms with Gasteiger partial charge in [-0.25, -0.2) is 4.79 Å². The van der Waals surface area contributed by atoms with Crippen molar-refractivity contribution >= 4 is 29.3 Å². The number of hydrogen-bond donors (Lipinski definition) is 2. The quantitative estimate of drug-likeness (QED) is 0.516. The van der Waals surface area contributed by atoms with Crippen LogP contribution in [0.15, 0.2) is 48.5 Å². The number of anilines is 2. The van der Waals surface area contributed by atoms with Gasteiger partial charge >= 0.3 is 5.97 Å². The minimum atomic E-state index is -0.951. The van der Waals surface area contributed by atoms with E-state index in [4.69, 9.17) is 9.47 Å². The molecular weight excluding hydrogens is 396 g/mol. The molecule has 1 saturated heterocycles. The molecule has 31 heavy (non-hydrogen) atoms. The lowest BCUT2D eigenvalue weighted by Crippen LogP contribution is -2.30. The Kier molecular flexibility index (Phi) is 7.54. The number of ether oxygens (including phenoxy) is 2. The first kappa shape index (κ1) is 22.2. The van der Waals surface area contributed by atoms with Crippen LogP contribution >= 0.6 is 0 Å². The van der Waals surface area contributed by atoms with Crippen molar-refractivity contribution in [1.29, 1.82) is 0 Å². The molecule has 0 aliphatic carbocycles. The van der Waals surface area contributed by atoms with Crippen LogP contribution in [0.2, 0.25) is 0 Å². The van der Waals surface area contributed by atoms with Crippen molar-refractivity contribution in [3.05, 3.63) is 54.1 Å². The van der Waals surface area contributed by atoms with Gasteiger partial charge in [-0.15, -0.1) is 0 Å². The number of aromatic hydroxyl groups is 1. The van der Waals surface area contributed by atoms with Gasteiger partial charge in [0.05, 0.1) is 7.11 Å². The van der Waals surface area contributed by atoms with Gasteiger partial charge in [0.1, 0.15) is 0 Å². The fraction of sp³-hybridized carbons (Fsp3) is 0.333. The third kappa shape index (κ3) is 6.25. The summed E-state index contributed by atoms with van der Waals surface area (Å²) in [7, 11) is 1.44. The standard InChI is InChI=1S/C24H28N2O5/c1-17(31-23(28)13-7-18-6-12-21(27)22(16-18)30-2)24(29)25-19-8-10-20(11-9-19)26-14-4-3-5-15-26/h6-13,16-17,27H,3-5,14-15H2,1-2H3,(H,25,29)/b13-7+/t17-/m0/s1. The van der Waals surface area contributed by atoms with Crippen molar-refractivity contribution in [1.82, 2.24) is 0 Å². The van der Waals surface area contributed by atoms with Crippen LogP contribution in [0.4, 0.5) is 11.4 Å². The van der Waals surface area contributed by atoms with Gasteiger partial charge in [0, 0.05) is 30.5 Å². The minimum absolute atomic E-state index is 0.0106. The first-order valence-corrected chi connectivity index (χ1v) is 10.4. The van der Waals surface area contributed by atoms with Crippen LogP contribution in [-0.4, -0.2) is 43.3 Å². The number of nitrogens with zero attached hydrogens (tertiary/aromatic N) is 1. The molecule has 164 valence electrons. The molecule has 7 nitrogen and oxygen atoms in total. The first-order valence-electron chi connectivity index (χ1n) is 10.4. The highest BCUT2D eigenvalue weighted by Crippen LogP contribution is 2.26.